The summed E-state index contributed by atoms with van der Waals surface area (Å²) < 4.78 is 5.46. The number of carbonyl (C=O) groups is 3. The summed E-state index contributed by atoms with van der Waals surface area (Å²) in [6, 6.07) is 7.34. The number of urea groups is 1. The maximum Gasteiger partial charge on any atom is 0.326 e. The molecule has 0 aromatic heterocycles. The van der Waals surface area contributed by atoms with Crippen molar-refractivity contribution in [2.75, 3.05) is 46.9 Å². The van der Waals surface area contributed by atoms with Crippen LogP contribution >= 0.6 is 12.4 Å². The van der Waals surface area contributed by atoms with Crippen LogP contribution in [0.2, 0.25) is 0 Å². The normalized spacial score (nSPS) is 19.6. The van der Waals surface area contributed by atoms with Gasteiger partial charge in [0.1, 0.15) is 12.3 Å². The molecule has 0 saturated carbocycles. The van der Waals surface area contributed by atoms with Crippen molar-refractivity contribution in [1.29, 1.82) is 0 Å². The number of piperazine rings is 1. The van der Waals surface area contributed by atoms with Crippen molar-refractivity contribution in [2.24, 2.45) is 0 Å². The number of rotatable bonds is 6. The van der Waals surface area contributed by atoms with Gasteiger partial charge in [-0.05, 0) is 12.5 Å². The Morgan fingerprint density at radius 3 is 2.71 bits per heavy atom. The molecular weight excluding hydrogens is 384 g/mol. The van der Waals surface area contributed by atoms with Gasteiger partial charge in [0.05, 0.1) is 13.2 Å². The number of methoxy groups -OCH3 is 1. The Balaban J connectivity index is 0.00000280. The van der Waals surface area contributed by atoms with Crippen LogP contribution in [0.4, 0.5) is 4.79 Å². The monoisotopic (exact) mass is 410 g/mol. The second-order valence-corrected chi connectivity index (χ2v) is 6.84. The smallest absolute Gasteiger partial charge is 0.326 e. The zero-order valence-corrected chi connectivity index (χ0v) is 17.0. The number of hydrogen-bond donors (Lipinski definition) is 1. The Bertz CT molecular complexity index is 730. The van der Waals surface area contributed by atoms with Crippen molar-refractivity contribution in [3.8, 4) is 5.75 Å². The number of imide groups is 1. The number of nitrogens with one attached hydrogen (secondary N) is 1. The van der Waals surface area contributed by atoms with E-state index in [1.165, 1.54) is 9.80 Å². The number of benzene rings is 1. The van der Waals surface area contributed by atoms with Crippen LogP contribution in [0.1, 0.15) is 24.4 Å². The van der Waals surface area contributed by atoms with Crippen LogP contribution in [0, 0.1) is 0 Å². The van der Waals surface area contributed by atoms with E-state index in [9.17, 15) is 14.4 Å². The molecule has 0 aliphatic carbocycles. The van der Waals surface area contributed by atoms with Gasteiger partial charge in [-0.15, -0.1) is 12.4 Å². The summed E-state index contributed by atoms with van der Waals surface area (Å²) >= 11 is 0. The van der Waals surface area contributed by atoms with Crippen LogP contribution in [-0.4, -0.2) is 79.4 Å². The first-order valence-corrected chi connectivity index (χ1v) is 9.21. The SMILES string of the molecule is COc1ccccc1C1CNCCN1C(=O)CCCN1C(=O)CN(C)C1=O.Cl. The highest BCUT2D eigenvalue weighted by Gasteiger charge is 2.34. The number of likely N-dealkylation sites (N-methyl/N-ethyl adjacent to an activating group) is 1. The third-order valence-corrected chi connectivity index (χ3v) is 5.06. The standard InChI is InChI=1S/C19H26N4O4.ClH/c1-21-13-18(25)23(19(21)26)10-5-8-17(24)22-11-9-20-12-15(22)14-6-3-4-7-16(14)27-2;/h3-4,6-7,15,20H,5,8-13H2,1-2H3;1H. The first-order chi connectivity index (χ1) is 13.0. The van der Waals surface area contributed by atoms with Crippen LogP contribution in [0.3, 0.4) is 0 Å². The molecule has 0 bridgehead atoms. The summed E-state index contributed by atoms with van der Waals surface area (Å²) in [5.74, 6) is 0.587. The molecule has 1 N–H and O–H groups in total. The number of halogens is 1. The van der Waals surface area contributed by atoms with Gasteiger partial charge in [-0.3, -0.25) is 14.5 Å². The fourth-order valence-electron chi connectivity index (χ4n) is 3.64. The van der Waals surface area contributed by atoms with Gasteiger partial charge in [-0.2, -0.15) is 0 Å². The number of nitrogens with zero attached hydrogens (tertiary/aromatic N) is 3. The second-order valence-electron chi connectivity index (χ2n) is 6.84. The van der Waals surface area contributed by atoms with E-state index in [-0.39, 0.29) is 49.4 Å². The highest BCUT2D eigenvalue weighted by Crippen LogP contribution is 2.30. The Morgan fingerprint density at radius 1 is 1.29 bits per heavy atom. The number of amides is 4. The van der Waals surface area contributed by atoms with Gasteiger partial charge < -0.3 is 19.9 Å². The Kier molecular flexibility index (Phi) is 7.65. The molecule has 1 atom stereocenters. The summed E-state index contributed by atoms with van der Waals surface area (Å²) in [7, 11) is 3.23. The Morgan fingerprint density at radius 2 is 2.04 bits per heavy atom. The highest BCUT2D eigenvalue weighted by molar-refractivity contribution is 6.01. The molecular formula is C19H27ClN4O4. The average molecular weight is 411 g/mol. The molecule has 28 heavy (non-hydrogen) atoms. The maximum atomic E-state index is 12.8. The lowest BCUT2D eigenvalue weighted by molar-refractivity contribution is -0.135. The van der Waals surface area contributed by atoms with Gasteiger partial charge in [0.25, 0.3) is 0 Å². The zero-order chi connectivity index (χ0) is 19.4. The number of ether oxygens (including phenoxy) is 1. The van der Waals surface area contributed by atoms with Crippen molar-refractivity contribution in [2.45, 2.75) is 18.9 Å². The predicted octanol–water partition coefficient (Wildman–Crippen LogP) is 1.26. The van der Waals surface area contributed by atoms with Gasteiger partial charge in [0.15, 0.2) is 0 Å². The van der Waals surface area contributed by atoms with E-state index < -0.39 is 0 Å². The predicted molar refractivity (Wildman–Crippen MR) is 107 cm³/mol. The molecule has 3 rings (SSSR count). The third kappa shape index (κ3) is 4.56. The van der Waals surface area contributed by atoms with E-state index in [1.807, 2.05) is 29.2 Å². The lowest BCUT2D eigenvalue weighted by Gasteiger charge is -2.37. The molecule has 8 nitrogen and oxygen atoms in total. The number of para-hydroxylation sites is 1. The van der Waals surface area contributed by atoms with Crippen molar-refractivity contribution < 1.29 is 19.1 Å². The van der Waals surface area contributed by atoms with E-state index in [2.05, 4.69) is 5.32 Å². The summed E-state index contributed by atoms with van der Waals surface area (Å²) in [5.41, 5.74) is 0.979. The first-order valence-electron chi connectivity index (χ1n) is 9.21. The quantitative estimate of drug-likeness (QED) is 0.714. The fourth-order valence-corrected chi connectivity index (χ4v) is 3.64. The topological polar surface area (TPSA) is 82.2 Å². The summed E-state index contributed by atoms with van der Waals surface area (Å²) in [6.45, 7) is 2.41. The minimum atomic E-state index is -0.290. The zero-order valence-electron chi connectivity index (χ0n) is 16.2. The van der Waals surface area contributed by atoms with Crippen LogP contribution in [0.25, 0.3) is 0 Å². The van der Waals surface area contributed by atoms with Gasteiger partial charge in [0.2, 0.25) is 11.8 Å². The highest BCUT2D eigenvalue weighted by atomic mass is 35.5. The molecule has 2 heterocycles. The molecule has 1 unspecified atom stereocenters. The van der Waals surface area contributed by atoms with Crippen molar-refractivity contribution in [3.63, 3.8) is 0 Å². The molecule has 4 amide bonds. The largest absolute Gasteiger partial charge is 0.496 e. The molecule has 1 aromatic rings. The van der Waals surface area contributed by atoms with E-state index in [1.54, 1.807) is 14.2 Å². The summed E-state index contributed by atoms with van der Waals surface area (Å²) in [6.07, 6.45) is 0.763. The lowest BCUT2D eigenvalue weighted by Crippen LogP contribution is -2.48. The molecule has 1 aromatic carbocycles. The van der Waals surface area contributed by atoms with E-state index in [0.717, 1.165) is 17.9 Å². The third-order valence-electron chi connectivity index (χ3n) is 5.06. The van der Waals surface area contributed by atoms with Gasteiger partial charge in [-0.25, -0.2) is 4.79 Å². The summed E-state index contributed by atoms with van der Waals surface area (Å²) in [4.78, 5) is 41.1. The Labute approximate surface area is 171 Å². The van der Waals surface area contributed by atoms with Gasteiger partial charge in [0, 0.05) is 45.2 Å². The molecule has 154 valence electrons. The molecule has 0 radical (unpaired) electrons. The van der Waals surface area contributed by atoms with E-state index in [0.29, 0.717) is 25.9 Å². The van der Waals surface area contributed by atoms with Crippen LogP contribution < -0.4 is 10.1 Å². The molecule has 2 aliphatic heterocycles. The van der Waals surface area contributed by atoms with E-state index >= 15 is 0 Å². The van der Waals surface area contributed by atoms with Crippen molar-refractivity contribution in [1.82, 2.24) is 20.0 Å². The minimum Gasteiger partial charge on any atom is -0.496 e. The van der Waals surface area contributed by atoms with Gasteiger partial charge in [-0.1, -0.05) is 18.2 Å². The molecule has 0 spiro atoms. The summed E-state index contributed by atoms with van der Waals surface area (Å²) in [5, 5.41) is 3.33. The van der Waals surface area contributed by atoms with Crippen LogP contribution in [0.5, 0.6) is 5.75 Å². The van der Waals surface area contributed by atoms with Crippen LogP contribution in [-0.2, 0) is 9.59 Å². The lowest BCUT2D eigenvalue weighted by atomic mass is 10.0. The second kappa shape index (κ2) is 9.75. The molecule has 2 saturated heterocycles. The maximum absolute atomic E-state index is 12.8. The van der Waals surface area contributed by atoms with Crippen molar-refractivity contribution >= 4 is 30.3 Å². The number of hydrogen-bond acceptors (Lipinski definition) is 5. The average Bonchev–Trinajstić information content (AvgIpc) is 2.93. The first kappa shape index (κ1) is 22.0. The van der Waals surface area contributed by atoms with E-state index in [4.69, 9.17) is 4.74 Å². The molecule has 2 fully saturated rings. The van der Waals surface area contributed by atoms with Gasteiger partial charge >= 0.3 is 6.03 Å². The fraction of sp³-hybridized carbons (Fsp3) is 0.526. The molecule has 2 aliphatic rings. The van der Waals surface area contributed by atoms with Crippen LogP contribution in [0.15, 0.2) is 24.3 Å². The number of carbonyl (C=O) groups excluding carboxylic acids is 3. The van der Waals surface area contributed by atoms with Crippen molar-refractivity contribution in [3.05, 3.63) is 29.8 Å². The molecule has 9 heteroatoms. The Hall–Kier alpha value is -2.32. The minimum absolute atomic E-state index is 0.